The molecule has 0 aliphatic carbocycles. The van der Waals surface area contributed by atoms with E-state index >= 15 is 0 Å². The van der Waals surface area contributed by atoms with Crippen LogP contribution >= 0.6 is 11.6 Å². The molecule has 0 unspecified atom stereocenters. The molecule has 0 aliphatic heterocycles. The molecule has 0 fully saturated rings. The summed E-state index contributed by atoms with van der Waals surface area (Å²) in [6, 6.07) is 8.68. The Morgan fingerprint density at radius 1 is 1.19 bits per heavy atom. The summed E-state index contributed by atoms with van der Waals surface area (Å²) >= 11 is 5.89. The van der Waals surface area contributed by atoms with E-state index in [0.29, 0.717) is 5.69 Å². The van der Waals surface area contributed by atoms with Crippen molar-refractivity contribution in [2.24, 2.45) is 0 Å². The van der Waals surface area contributed by atoms with Gasteiger partial charge in [-0.25, -0.2) is 13.4 Å². The third-order valence-electron chi connectivity index (χ3n) is 3.18. The van der Waals surface area contributed by atoms with Gasteiger partial charge in [0, 0.05) is 6.20 Å². The van der Waals surface area contributed by atoms with Gasteiger partial charge in [-0.15, -0.1) is 0 Å². The molecule has 112 valence electrons. The first-order chi connectivity index (χ1) is 9.83. The van der Waals surface area contributed by atoms with Gasteiger partial charge in [-0.05, 0) is 36.1 Å². The van der Waals surface area contributed by atoms with Crippen molar-refractivity contribution in [3.63, 3.8) is 0 Å². The SMILES string of the molecule is Cc1cccc(C(C)C)c1NS(=O)(=O)c1cccnc1Cl. The van der Waals surface area contributed by atoms with E-state index in [2.05, 4.69) is 9.71 Å². The second-order valence-corrected chi connectivity index (χ2v) is 7.10. The molecule has 2 rings (SSSR count). The number of benzene rings is 1. The highest BCUT2D eigenvalue weighted by Gasteiger charge is 2.21. The number of sulfonamides is 1. The standard InChI is InChI=1S/C15H17ClN2O2S/c1-10(2)12-7-4-6-11(3)14(12)18-21(19,20)13-8-5-9-17-15(13)16/h4-10,18H,1-3H3. The average Bonchev–Trinajstić information content (AvgIpc) is 2.41. The van der Waals surface area contributed by atoms with Crippen molar-refractivity contribution in [1.82, 2.24) is 4.98 Å². The zero-order valence-corrected chi connectivity index (χ0v) is 13.7. The third kappa shape index (κ3) is 3.36. The van der Waals surface area contributed by atoms with E-state index in [1.165, 1.54) is 12.3 Å². The van der Waals surface area contributed by atoms with Crippen LogP contribution in [-0.4, -0.2) is 13.4 Å². The largest absolute Gasteiger partial charge is 0.279 e. The van der Waals surface area contributed by atoms with Crippen molar-refractivity contribution in [2.75, 3.05) is 4.72 Å². The summed E-state index contributed by atoms with van der Waals surface area (Å²) in [6.45, 7) is 5.90. The number of para-hydroxylation sites is 1. The van der Waals surface area contributed by atoms with Gasteiger partial charge in [0.25, 0.3) is 10.0 Å². The van der Waals surface area contributed by atoms with Gasteiger partial charge in [0.1, 0.15) is 10.0 Å². The Morgan fingerprint density at radius 3 is 2.52 bits per heavy atom. The first kappa shape index (κ1) is 15.8. The van der Waals surface area contributed by atoms with E-state index < -0.39 is 10.0 Å². The Balaban J connectivity index is 2.50. The Hall–Kier alpha value is -1.59. The maximum atomic E-state index is 12.5. The van der Waals surface area contributed by atoms with Crippen molar-refractivity contribution in [3.8, 4) is 0 Å². The summed E-state index contributed by atoms with van der Waals surface area (Å²) in [5.41, 5.74) is 2.41. The van der Waals surface area contributed by atoms with Crippen molar-refractivity contribution < 1.29 is 8.42 Å². The minimum atomic E-state index is -3.77. The number of rotatable bonds is 4. The van der Waals surface area contributed by atoms with Crippen LogP contribution in [0.2, 0.25) is 5.15 Å². The summed E-state index contributed by atoms with van der Waals surface area (Å²) in [5, 5.41) is -0.0373. The van der Waals surface area contributed by atoms with Gasteiger partial charge in [-0.2, -0.15) is 0 Å². The van der Waals surface area contributed by atoms with E-state index in [4.69, 9.17) is 11.6 Å². The van der Waals surface area contributed by atoms with Crippen LogP contribution in [0.5, 0.6) is 0 Å². The van der Waals surface area contributed by atoms with Crippen LogP contribution in [0, 0.1) is 6.92 Å². The first-order valence-electron chi connectivity index (χ1n) is 6.56. The molecule has 0 amide bonds. The molecule has 21 heavy (non-hydrogen) atoms. The summed E-state index contributed by atoms with van der Waals surface area (Å²) in [6.07, 6.45) is 1.45. The lowest BCUT2D eigenvalue weighted by molar-refractivity contribution is 0.600. The van der Waals surface area contributed by atoms with E-state index in [0.717, 1.165) is 11.1 Å². The average molecular weight is 325 g/mol. The van der Waals surface area contributed by atoms with Crippen LogP contribution in [0.1, 0.15) is 30.9 Å². The molecule has 0 saturated carbocycles. The summed E-state index contributed by atoms with van der Waals surface area (Å²) in [7, 11) is -3.77. The summed E-state index contributed by atoms with van der Waals surface area (Å²) < 4.78 is 27.7. The highest BCUT2D eigenvalue weighted by Crippen LogP contribution is 2.30. The maximum absolute atomic E-state index is 12.5. The number of nitrogens with one attached hydrogen (secondary N) is 1. The van der Waals surface area contributed by atoms with Crippen LogP contribution in [-0.2, 0) is 10.0 Å². The second kappa shape index (κ2) is 6.03. The number of aryl methyl sites for hydroxylation is 1. The predicted molar refractivity (Wildman–Crippen MR) is 85.3 cm³/mol. The Kier molecular flexibility index (Phi) is 4.54. The zero-order chi connectivity index (χ0) is 15.6. The van der Waals surface area contributed by atoms with Crippen LogP contribution in [0.3, 0.4) is 0 Å². The highest BCUT2D eigenvalue weighted by molar-refractivity contribution is 7.92. The van der Waals surface area contributed by atoms with Gasteiger partial charge in [0.15, 0.2) is 0 Å². The lowest BCUT2D eigenvalue weighted by Crippen LogP contribution is -2.16. The Bertz CT molecular complexity index is 758. The monoisotopic (exact) mass is 324 g/mol. The molecule has 0 saturated heterocycles. The smallest absolute Gasteiger partial charge is 0.264 e. The topological polar surface area (TPSA) is 59.1 Å². The lowest BCUT2D eigenvalue weighted by atomic mass is 9.99. The molecule has 4 nitrogen and oxygen atoms in total. The van der Waals surface area contributed by atoms with Gasteiger partial charge in [-0.1, -0.05) is 43.6 Å². The van der Waals surface area contributed by atoms with E-state index in [9.17, 15) is 8.42 Å². The quantitative estimate of drug-likeness (QED) is 0.866. The molecule has 1 aromatic heterocycles. The number of anilines is 1. The highest BCUT2D eigenvalue weighted by atomic mass is 35.5. The van der Waals surface area contributed by atoms with Crippen molar-refractivity contribution in [3.05, 3.63) is 52.8 Å². The van der Waals surface area contributed by atoms with E-state index in [-0.39, 0.29) is 16.0 Å². The molecule has 1 aromatic carbocycles. The molecular formula is C15H17ClN2O2S. The Labute approximate surface area is 130 Å². The van der Waals surface area contributed by atoms with Crippen LogP contribution in [0.4, 0.5) is 5.69 Å². The molecule has 1 N–H and O–H groups in total. The number of halogens is 1. The number of hydrogen-bond acceptors (Lipinski definition) is 3. The molecule has 2 aromatic rings. The zero-order valence-electron chi connectivity index (χ0n) is 12.1. The van der Waals surface area contributed by atoms with Gasteiger partial charge in [-0.3, -0.25) is 4.72 Å². The molecule has 0 bridgehead atoms. The van der Waals surface area contributed by atoms with Gasteiger partial charge in [0.05, 0.1) is 5.69 Å². The molecule has 0 spiro atoms. The fourth-order valence-corrected chi connectivity index (χ4v) is 3.69. The van der Waals surface area contributed by atoms with Gasteiger partial charge >= 0.3 is 0 Å². The third-order valence-corrected chi connectivity index (χ3v) is 4.97. The predicted octanol–water partition coefficient (Wildman–Crippen LogP) is 3.97. The number of pyridine rings is 1. The molecule has 0 radical (unpaired) electrons. The summed E-state index contributed by atoms with van der Waals surface area (Å²) in [4.78, 5) is 3.79. The van der Waals surface area contributed by atoms with E-state index in [1.807, 2.05) is 39.0 Å². The molecule has 0 atom stereocenters. The normalized spacial score (nSPS) is 11.7. The number of aromatic nitrogens is 1. The fraction of sp³-hybridized carbons (Fsp3) is 0.267. The van der Waals surface area contributed by atoms with Crippen molar-refractivity contribution >= 4 is 27.3 Å². The fourth-order valence-electron chi connectivity index (χ4n) is 2.07. The van der Waals surface area contributed by atoms with Gasteiger partial charge < -0.3 is 0 Å². The molecule has 6 heteroatoms. The first-order valence-corrected chi connectivity index (χ1v) is 8.42. The second-order valence-electron chi connectivity index (χ2n) is 5.09. The molecule has 0 aliphatic rings. The maximum Gasteiger partial charge on any atom is 0.264 e. The van der Waals surface area contributed by atoms with E-state index in [1.54, 1.807) is 6.07 Å². The summed E-state index contributed by atoms with van der Waals surface area (Å²) in [5.74, 6) is 0.201. The Morgan fingerprint density at radius 2 is 1.90 bits per heavy atom. The minimum Gasteiger partial charge on any atom is -0.279 e. The van der Waals surface area contributed by atoms with Crippen LogP contribution in [0.25, 0.3) is 0 Å². The minimum absolute atomic E-state index is 0.0235. The van der Waals surface area contributed by atoms with Gasteiger partial charge in [0.2, 0.25) is 0 Å². The number of hydrogen-bond donors (Lipinski definition) is 1. The van der Waals surface area contributed by atoms with Crippen LogP contribution < -0.4 is 4.72 Å². The molecular weight excluding hydrogens is 308 g/mol. The molecule has 1 heterocycles. The van der Waals surface area contributed by atoms with Crippen molar-refractivity contribution in [2.45, 2.75) is 31.6 Å². The lowest BCUT2D eigenvalue weighted by Gasteiger charge is -2.17. The van der Waals surface area contributed by atoms with Crippen molar-refractivity contribution in [1.29, 1.82) is 0 Å². The number of nitrogens with zero attached hydrogens (tertiary/aromatic N) is 1. The van der Waals surface area contributed by atoms with Crippen LogP contribution in [0.15, 0.2) is 41.4 Å².